The maximum absolute atomic E-state index is 13.1. The summed E-state index contributed by atoms with van der Waals surface area (Å²) in [6, 6.07) is 20.9. The molecule has 0 saturated carbocycles. The van der Waals surface area contributed by atoms with Gasteiger partial charge in [0, 0.05) is 31.1 Å². The van der Waals surface area contributed by atoms with E-state index in [-0.39, 0.29) is 11.8 Å². The minimum absolute atomic E-state index is 0.0650. The Labute approximate surface area is 207 Å². The van der Waals surface area contributed by atoms with Gasteiger partial charge in [-0.1, -0.05) is 30.3 Å². The highest BCUT2D eigenvalue weighted by atomic mass is 16.5. The summed E-state index contributed by atoms with van der Waals surface area (Å²) in [7, 11) is 0. The van der Waals surface area contributed by atoms with Crippen molar-refractivity contribution in [3.8, 4) is 5.75 Å². The lowest BCUT2D eigenvalue weighted by Gasteiger charge is -2.20. The summed E-state index contributed by atoms with van der Waals surface area (Å²) in [5.41, 5.74) is 7.83. The number of carbonyl (C=O) groups excluding carboxylic acids is 1. The van der Waals surface area contributed by atoms with Crippen molar-refractivity contribution in [3.63, 3.8) is 0 Å². The molecule has 0 radical (unpaired) electrons. The predicted molar refractivity (Wildman–Crippen MR) is 141 cm³/mol. The SMILES string of the molecule is Cc1cc(C)cc(OCCCn2c(C3CC(=O)N(c4cc(C)ccc4C)C3)nc3ccccc32)c1. The standard InChI is InChI=1S/C30H33N3O2/c1-20-10-11-23(4)28(17-20)33-19-24(18-29(33)34)30-31-26-8-5-6-9-27(26)32(30)12-7-13-35-25-15-21(2)14-22(3)16-25/h5-6,8-11,14-17,24H,7,12-13,18-19H2,1-4H3. The van der Waals surface area contributed by atoms with Crippen LogP contribution in [0.15, 0.2) is 60.7 Å². The fourth-order valence-corrected chi connectivity index (χ4v) is 5.19. The first-order chi connectivity index (χ1) is 16.9. The van der Waals surface area contributed by atoms with Gasteiger partial charge in [0.2, 0.25) is 5.91 Å². The molecule has 3 aromatic carbocycles. The molecule has 1 saturated heterocycles. The number of fused-ring (bicyclic) bond motifs is 1. The van der Waals surface area contributed by atoms with E-state index in [1.807, 2.05) is 11.0 Å². The second kappa shape index (κ2) is 9.57. The molecule has 35 heavy (non-hydrogen) atoms. The zero-order valence-electron chi connectivity index (χ0n) is 21.0. The maximum Gasteiger partial charge on any atom is 0.227 e. The molecule has 5 heteroatoms. The van der Waals surface area contributed by atoms with Crippen LogP contribution in [0.2, 0.25) is 0 Å². The lowest BCUT2D eigenvalue weighted by atomic mass is 10.1. The molecular weight excluding hydrogens is 434 g/mol. The quantitative estimate of drug-likeness (QED) is 0.301. The van der Waals surface area contributed by atoms with Crippen molar-refractivity contribution in [3.05, 3.63) is 88.7 Å². The topological polar surface area (TPSA) is 47.4 Å². The zero-order chi connectivity index (χ0) is 24.5. The lowest BCUT2D eigenvalue weighted by Crippen LogP contribution is -2.25. The minimum Gasteiger partial charge on any atom is -0.494 e. The van der Waals surface area contributed by atoms with Gasteiger partial charge >= 0.3 is 0 Å². The minimum atomic E-state index is 0.0650. The molecule has 1 aliphatic rings. The molecule has 0 bridgehead atoms. The fourth-order valence-electron chi connectivity index (χ4n) is 5.19. The molecule has 180 valence electrons. The first-order valence-corrected chi connectivity index (χ1v) is 12.4. The number of rotatable bonds is 7. The highest BCUT2D eigenvalue weighted by Crippen LogP contribution is 2.35. The van der Waals surface area contributed by atoms with Crippen LogP contribution in [0.5, 0.6) is 5.75 Å². The van der Waals surface area contributed by atoms with Gasteiger partial charge in [-0.25, -0.2) is 4.98 Å². The fraction of sp³-hybridized carbons (Fsp3) is 0.333. The highest BCUT2D eigenvalue weighted by molar-refractivity contribution is 5.97. The second-order valence-electron chi connectivity index (χ2n) is 9.83. The van der Waals surface area contributed by atoms with Crippen molar-refractivity contribution < 1.29 is 9.53 Å². The molecule has 5 nitrogen and oxygen atoms in total. The zero-order valence-corrected chi connectivity index (χ0v) is 21.0. The van der Waals surface area contributed by atoms with Crippen LogP contribution in [0.4, 0.5) is 5.69 Å². The average Bonchev–Trinajstić information content (AvgIpc) is 3.38. The number of amides is 1. The Morgan fingerprint density at radius 1 is 0.943 bits per heavy atom. The smallest absolute Gasteiger partial charge is 0.227 e. The number of aryl methyl sites for hydroxylation is 5. The molecule has 5 rings (SSSR count). The number of benzene rings is 3. The molecule has 0 N–H and O–H groups in total. The third-order valence-electron chi connectivity index (χ3n) is 6.82. The number of aromatic nitrogens is 2. The van der Waals surface area contributed by atoms with Crippen molar-refractivity contribution in [2.24, 2.45) is 0 Å². The third kappa shape index (κ3) is 4.81. The van der Waals surface area contributed by atoms with Crippen LogP contribution in [0, 0.1) is 27.7 Å². The Morgan fingerprint density at radius 3 is 2.51 bits per heavy atom. The van der Waals surface area contributed by atoms with Crippen LogP contribution in [-0.4, -0.2) is 28.6 Å². The lowest BCUT2D eigenvalue weighted by molar-refractivity contribution is -0.117. The van der Waals surface area contributed by atoms with Crippen molar-refractivity contribution >= 4 is 22.6 Å². The molecule has 1 amide bonds. The molecule has 1 atom stereocenters. The number of hydrogen-bond donors (Lipinski definition) is 0. The number of para-hydroxylation sites is 2. The van der Waals surface area contributed by atoms with Crippen LogP contribution in [0.3, 0.4) is 0 Å². The number of carbonyl (C=O) groups is 1. The summed E-state index contributed by atoms with van der Waals surface area (Å²) in [5, 5.41) is 0. The Morgan fingerprint density at radius 2 is 1.71 bits per heavy atom. The van der Waals surface area contributed by atoms with Gasteiger partial charge in [0.25, 0.3) is 0 Å². The predicted octanol–water partition coefficient (Wildman–Crippen LogP) is 6.26. The summed E-state index contributed by atoms with van der Waals surface area (Å²) in [5.74, 6) is 2.15. The van der Waals surface area contributed by atoms with E-state index in [9.17, 15) is 4.79 Å². The van der Waals surface area contributed by atoms with Crippen LogP contribution in [0.1, 0.15) is 46.8 Å². The molecule has 1 fully saturated rings. The average molecular weight is 468 g/mol. The molecule has 1 aliphatic heterocycles. The van der Waals surface area contributed by atoms with Crippen LogP contribution < -0.4 is 9.64 Å². The third-order valence-corrected chi connectivity index (χ3v) is 6.82. The first-order valence-electron chi connectivity index (χ1n) is 12.4. The number of hydrogen-bond acceptors (Lipinski definition) is 3. The number of imidazole rings is 1. The van der Waals surface area contributed by atoms with Gasteiger partial charge < -0.3 is 14.2 Å². The van der Waals surface area contributed by atoms with Crippen molar-refractivity contribution in [2.75, 3.05) is 18.1 Å². The Bertz CT molecular complexity index is 1370. The van der Waals surface area contributed by atoms with Crippen LogP contribution in [-0.2, 0) is 11.3 Å². The van der Waals surface area contributed by atoms with Gasteiger partial charge in [0.1, 0.15) is 11.6 Å². The summed E-state index contributed by atoms with van der Waals surface area (Å²) in [6.45, 7) is 10.4. The summed E-state index contributed by atoms with van der Waals surface area (Å²) >= 11 is 0. The Kier molecular flexibility index (Phi) is 6.33. The molecular formula is C30H33N3O2. The van der Waals surface area contributed by atoms with Gasteiger partial charge in [-0.05, 0) is 86.7 Å². The monoisotopic (exact) mass is 467 g/mol. The molecule has 4 aromatic rings. The van der Waals surface area contributed by atoms with E-state index in [0.717, 1.165) is 52.4 Å². The van der Waals surface area contributed by atoms with E-state index < -0.39 is 0 Å². The summed E-state index contributed by atoms with van der Waals surface area (Å²) < 4.78 is 8.36. The van der Waals surface area contributed by atoms with Crippen LogP contribution in [0.25, 0.3) is 11.0 Å². The Balaban J connectivity index is 1.36. The number of anilines is 1. The van der Waals surface area contributed by atoms with E-state index in [2.05, 4.69) is 86.9 Å². The van der Waals surface area contributed by atoms with E-state index in [4.69, 9.17) is 9.72 Å². The van der Waals surface area contributed by atoms with Crippen molar-refractivity contribution in [2.45, 2.75) is 53.0 Å². The van der Waals surface area contributed by atoms with E-state index >= 15 is 0 Å². The Hall–Kier alpha value is -3.60. The molecule has 2 heterocycles. The van der Waals surface area contributed by atoms with Crippen molar-refractivity contribution in [1.82, 2.24) is 9.55 Å². The second-order valence-corrected chi connectivity index (χ2v) is 9.83. The van der Waals surface area contributed by atoms with Crippen LogP contribution >= 0.6 is 0 Å². The van der Waals surface area contributed by atoms with E-state index in [1.165, 1.54) is 11.1 Å². The summed E-state index contributed by atoms with van der Waals surface area (Å²) in [6.07, 6.45) is 1.34. The molecule has 0 spiro atoms. The van der Waals surface area contributed by atoms with Gasteiger partial charge in [0.15, 0.2) is 0 Å². The van der Waals surface area contributed by atoms with E-state index in [0.29, 0.717) is 19.6 Å². The first kappa shape index (κ1) is 23.2. The van der Waals surface area contributed by atoms with Gasteiger partial charge in [-0.3, -0.25) is 4.79 Å². The van der Waals surface area contributed by atoms with Crippen molar-refractivity contribution in [1.29, 1.82) is 0 Å². The molecule has 1 aromatic heterocycles. The highest BCUT2D eigenvalue weighted by Gasteiger charge is 2.35. The normalized spacial score (nSPS) is 15.8. The number of nitrogens with zero attached hydrogens (tertiary/aromatic N) is 3. The largest absolute Gasteiger partial charge is 0.494 e. The van der Waals surface area contributed by atoms with Gasteiger partial charge in [-0.15, -0.1) is 0 Å². The molecule has 1 unspecified atom stereocenters. The van der Waals surface area contributed by atoms with E-state index in [1.54, 1.807) is 0 Å². The summed E-state index contributed by atoms with van der Waals surface area (Å²) in [4.78, 5) is 20.0. The maximum atomic E-state index is 13.1. The molecule has 0 aliphatic carbocycles. The van der Waals surface area contributed by atoms with Gasteiger partial charge in [0.05, 0.1) is 17.6 Å². The van der Waals surface area contributed by atoms with Gasteiger partial charge in [-0.2, -0.15) is 0 Å². The number of ether oxygens (including phenoxy) is 1.